The Morgan fingerprint density at radius 1 is 1.12 bits per heavy atom. The van der Waals surface area contributed by atoms with Crippen LogP contribution < -0.4 is 9.47 Å². The molecule has 7 heteroatoms. The third-order valence-corrected chi connectivity index (χ3v) is 2.82. The second kappa shape index (κ2) is 8.77. The van der Waals surface area contributed by atoms with Crippen LogP contribution >= 0.6 is 0 Å². The first kappa shape index (κ1) is 19.3. The molecule has 128 valence electrons. The van der Waals surface area contributed by atoms with Crippen molar-refractivity contribution in [3.05, 3.63) is 53.2 Å². The van der Waals surface area contributed by atoms with E-state index in [0.29, 0.717) is 5.69 Å². The van der Waals surface area contributed by atoms with Gasteiger partial charge in [-0.1, -0.05) is 26.0 Å². The number of rotatable bonds is 4. The summed E-state index contributed by atoms with van der Waals surface area (Å²) in [6.45, 7) is 5.32. The number of nitriles is 1. The maximum atomic E-state index is 13.0. The van der Waals surface area contributed by atoms with E-state index < -0.39 is 18.3 Å². The summed E-state index contributed by atoms with van der Waals surface area (Å²) in [5.74, 6) is 0.00450. The third kappa shape index (κ3) is 5.16. The van der Waals surface area contributed by atoms with Crippen LogP contribution in [0.3, 0.4) is 0 Å². The van der Waals surface area contributed by atoms with Gasteiger partial charge in [-0.2, -0.15) is 13.2 Å². The van der Waals surface area contributed by atoms with Crippen LogP contribution in [0.4, 0.5) is 13.2 Å². The van der Waals surface area contributed by atoms with Crippen LogP contribution in [-0.4, -0.2) is 4.98 Å². The van der Waals surface area contributed by atoms with Gasteiger partial charge >= 0.3 is 6.18 Å². The lowest BCUT2D eigenvalue weighted by Crippen LogP contribution is -2.12. The van der Waals surface area contributed by atoms with Crippen LogP contribution in [0.15, 0.2) is 36.4 Å². The van der Waals surface area contributed by atoms with Crippen LogP contribution in [0.2, 0.25) is 0 Å². The molecule has 0 N–H and O–H groups in total. The molecule has 0 amide bonds. The van der Waals surface area contributed by atoms with Gasteiger partial charge in [0.15, 0.2) is 0 Å². The minimum Gasteiger partial charge on any atom is -0.473 e. The van der Waals surface area contributed by atoms with E-state index in [1.54, 1.807) is 19.1 Å². The molecule has 0 fully saturated rings. The monoisotopic (exact) mass is 338 g/mol. The molecule has 0 aliphatic rings. The lowest BCUT2D eigenvalue weighted by atomic mass is 10.1. The fourth-order valence-electron chi connectivity index (χ4n) is 1.87. The van der Waals surface area contributed by atoms with Gasteiger partial charge in [0.25, 0.3) is 6.26 Å². The normalized spacial score (nSPS) is 10.2. The van der Waals surface area contributed by atoms with E-state index >= 15 is 0 Å². The van der Waals surface area contributed by atoms with Crippen molar-refractivity contribution in [2.24, 2.45) is 0 Å². The van der Waals surface area contributed by atoms with Crippen molar-refractivity contribution in [2.45, 2.75) is 33.6 Å². The summed E-state index contributed by atoms with van der Waals surface area (Å²) in [5.41, 5.74) is -0.483. The second-order valence-electron chi connectivity index (χ2n) is 4.38. The Labute approximate surface area is 138 Å². The summed E-state index contributed by atoms with van der Waals surface area (Å²) in [7, 11) is 0. The smallest absolute Gasteiger partial charge is 0.416 e. The summed E-state index contributed by atoms with van der Waals surface area (Å²) in [4.78, 5) is 4.05. The van der Waals surface area contributed by atoms with Gasteiger partial charge in [-0.3, -0.25) is 0 Å². The van der Waals surface area contributed by atoms with Gasteiger partial charge in [-0.05, 0) is 25.1 Å². The van der Waals surface area contributed by atoms with Crippen molar-refractivity contribution in [3.8, 4) is 17.9 Å². The average molecular weight is 338 g/mol. The molecular weight excluding hydrogens is 321 g/mol. The van der Waals surface area contributed by atoms with Crippen molar-refractivity contribution in [3.63, 3.8) is 0 Å². The van der Waals surface area contributed by atoms with Gasteiger partial charge in [0.05, 0.1) is 5.56 Å². The van der Waals surface area contributed by atoms with Crippen LogP contribution in [-0.2, 0) is 12.8 Å². The molecule has 24 heavy (non-hydrogen) atoms. The molecule has 0 aliphatic carbocycles. The van der Waals surface area contributed by atoms with Crippen LogP contribution in [0.25, 0.3) is 0 Å². The molecule has 2 rings (SSSR count). The molecule has 1 heterocycles. The van der Waals surface area contributed by atoms with Gasteiger partial charge < -0.3 is 9.47 Å². The van der Waals surface area contributed by atoms with Gasteiger partial charge in [0, 0.05) is 17.3 Å². The summed E-state index contributed by atoms with van der Waals surface area (Å²) in [6, 6.07) is 8.31. The number of alkyl halides is 3. The molecular formula is C17H17F3N2O2. The number of pyridine rings is 1. The molecule has 0 unspecified atom stereocenters. The maximum absolute atomic E-state index is 13.0. The predicted octanol–water partition coefficient (Wildman–Crippen LogP) is 4.87. The molecule has 1 aromatic carbocycles. The summed E-state index contributed by atoms with van der Waals surface area (Å²) in [6.07, 6.45) is -3.20. The van der Waals surface area contributed by atoms with E-state index in [2.05, 4.69) is 9.72 Å². The minimum atomic E-state index is -4.58. The number of benzene rings is 1. The number of hydrogen-bond donors (Lipinski definition) is 0. The van der Waals surface area contributed by atoms with Gasteiger partial charge in [-0.25, -0.2) is 4.98 Å². The zero-order chi connectivity index (χ0) is 18.2. The number of aryl methyl sites for hydroxylation is 1. The van der Waals surface area contributed by atoms with Gasteiger partial charge in [0.1, 0.15) is 12.4 Å². The van der Waals surface area contributed by atoms with E-state index in [9.17, 15) is 13.2 Å². The minimum absolute atomic E-state index is 0.190. The molecule has 2 aromatic rings. The van der Waals surface area contributed by atoms with Crippen LogP contribution in [0, 0.1) is 18.4 Å². The molecule has 0 bridgehead atoms. The van der Waals surface area contributed by atoms with Gasteiger partial charge in [-0.15, -0.1) is 5.26 Å². The molecule has 0 aliphatic heterocycles. The van der Waals surface area contributed by atoms with E-state index in [1.165, 1.54) is 24.5 Å². The van der Waals surface area contributed by atoms with Crippen molar-refractivity contribution in [1.82, 2.24) is 4.98 Å². The lowest BCUT2D eigenvalue weighted by Gasteiger charge is -2.15. The third-order valence-electron chi connectivity index (χ3n) is 2.82. The van der Waals surface area contributed by atoms with E-state index in [0.717, 1.165) is 6.07 Å². The fraction of sp³-hybridized carbons (Fsp3) is 0.294. The number of hydrogen-bond acceptors (Lipinski definition) is 4. The first-order valence-electron chi connectivity index (χ1n) is 7.23. The Balaban J connectivity index is 0.00000139. The van der Waals surface area contributed by atoms with Crippen molar-refractivity contribution in [2.75, 3.05) is 0 Å². The summed E-state index contributed by atoms with van der Waals surface area (Å²) >= 11 is 0. The molecule has 0 radical (unpaired) electrons. The van der Waals surface area contributed by atoms with E-state index in [1.807, 2.05) is 13.8 Å². The highest BCUT2D eigenvalue weighted by Crippen LogP contribution is 2.36. The fourth-order valence-corrected chi connectivity index (χ4v) is 1.87. The quantitative estimate of drug-likeness (QED) is 0.746. The Hall–Kier alpha value is -2.75. The SMILES string of the molecule is CC.Cc1cccc(OCc2c(OC#N)cccc2C(F)(F)F)n1. The molecule has 1 aromatic heterocycles. The van der Waals surface area contributed by atoms with Gasteiger partial charge in [0.2, 0.25) is 5.88 Å². The molecule has 0 saturated carbocycles. The Bertz CT molecular complexity index is 710. The van der Waals surface area contributed by atoms with Crippen molar-refractivity contribution < 1.29 is 22.6 Å². The second-order valence-corrected chi connectivity index (χ2v) is 4.38. The first-order chi connectivity index (χ1) is 11.4. The number of aromatic nitrogens is 1. The zero-order valence-electron chi connectivity index (χ0n) is 13.5. The largest absolute Gasteiger partial charge is 0.473 e. The van der Waals surface area contributed by atoms with E-state index in [4.69, 9.17) is 10.00 Å². The zero-order valence-corrected chi connectivity index (χ0v) is 13.5. The van der Waals surface area contributed by atoms with Crippen LogP contribution in [0.5, 0.6) is 11.6 Å². The molecule has 0 saturated heterocycles. The number of nitrogens with zero attached hydrogens (tertiary/aromatic N) is 2. The lowest BCUT2D eigenvalue weighted by molar-refractivity contribution is -0.138. The summed E-state index contributed by atoms with van der Waals surface area (Å²) < 4.78 is 49.0. The average Bonchev–Trinajstić information content (AvgIpc) is 2.55. The topological polar surface area (TPSA) is 55.1 Å². The first-order valence-corrected chi connectivity index (χ1v) is 7.23. The molecule has 0 atom stereocenters. The highest BCUT2D eigenvalue weighted by atomic mass is 19.4. The number of ether oxygens (including phenoxy) is 2. The molecule has 4 nitrogen and oxygen atoms in total. The van der Waals surface area contributed by atoms with E-state index in [-0.39, 0.29) is 17.2 Å². The highest BCUT2D eigenvalue weighted by molar-refractivity contribution is 5.42. The van der Waals surface area contributed by atoms with Crippen molar-refractivity contribution >= 4 is 0 Å². The molecule has 0 spiro atoms. The Morgan fingerprint density at radius 3 is 2.38 bits per heavy atom. The maximum Gasteiger partial charge on any atom is 0.416 e. The highest BCUT2D eigenvalue weighted by Gasteiger charge is 2.35. The summed E-state index contributed by atoms with van der Waals surface area (Å²) in [5, 5.41) is 8.55. The number of halogens is 3. The van der Waals surface area contributed by atoms with Crippen molar-refractivity contribution in [1.29, 1.82) is 5.26 Å². The standard InChI is InChI=1S/C15H11F3N2O2.C2H6/c1-10-4-2-7-14(20-10)21-8-11-12(15(16,17)18)5-3-6-13(11)22-9-19;1-2/h2-7H,8H2,1H3;1-2H3. The Morgan fingerprint density at radius 2 is 1.79 bits per heavy atom. The predicted molar refractivity (Wildman–Crippen MR) is 82.3 cm³/mol. The Kier molecular flexibility index (Phi) is 7.05. The van der Waals surface area contributed by atoms with Crippen LogP contribution in [0.1, 0.15) is 30.7 Å².